The molecule has 0 amide bonds. The highest BCUT2D eigenvalue weighted by atomic mass is 19.1. The van der Waals surface area contributed by atoms with Crippen LogP contribution < -0.4 is 0 Å². The molecule has 0 nitrogen and oxygen atoms in total. The predicted octanol–water partition coefficient (Wildman–Crippen LogP) is 9.19. The summed E-state index contributed by atoms with van der Waals surface area (Å²) in [5.41, 5.74) is 4.23. The lowest BCUT2D eigenvalue weighted by Gasteiger charge is -2.29. The van der Waals surface area contributed by atoms with Gasteiger partial charge in [-0.3, -0.25) is 0 Å². The smallest absolute Gasteiger partial charge is 0.134 e. The van der Waals surface area contributed by atoms with Crippen LogP contribution in [0, 0.1) is 23.6 Å². The molecule has 1 aliphatic rings. The van der Waals surface area contributed by atoms with Crippen molar-refractivity contribution in [3.05, 3.63) is 82.7 Å². The Morgan fingerprint density at radius 1 is 0.788 bits per heavy atom. The second-order valence-electron chi connectivity index (χ2n) is 9.81. The van der Waals surface area contributed by atoms with E-state index in [4.69, 9.17) is 0 Å². The van der Waals surface area contributed by atoms with Crippen LogP contribution in [0.1, 0.15) is 99.8 Å². The van der Waals surface area contributed by atoms with Gasteiger partial charge in [0.05, 0.1) is 0 Å². The maximum atomic E-state index is 14.7. The molecule has 3 aromatic rings. The zero-order valence-corrected chi connectivity index (χ0v) is 20.3. The first-order chi connectivity index (χ1) is 16.2. The SMILES string of the molecule is CCCCCC1CCC(c2ccc(C#Cc3ccc4c(F)c(CCC)ccc4c3)cc2)CC1. The van der Waals surface area contributed by atoms with Gasteiger partial charge in [0, 0.05) is 16.5 Å². The molecule has 0 unspecified atom stereocenters. The third kappa shape index (κ3) is 6.05. The molecule has 0 atom stereocenters. The first-order valence-corrected chi connectivity index (χ1v) is 13.0. The minimum atomic E-state index is -0.0839. The standard InChI is InChI=1S/C32H37F/c1-3-5-6-8-24-11-16-27(17-12-24)28-18-13-25(14-19-28)9-10-26-15-22-31-30(23-26)21-20-29(7-4-2)32(31)33/h13-15,18-24,27H,3-8,11-12,16-17H2,1-2H3. The van der Waals surface area contributed by atoms with Crippen molar-refractivity contribution in [2.45, 2.75) is 84.0 Å². The van der Waals surface area contributed by atoms with E-state index in [1.807, 2.05) is 30.3 Å². The fraction of sp³-hybridized carbons (Fsp3) is 0.438. The van der Waals surface area contributed by atoms with Gasteiger partial charge in [-0.15, -0.1) is 0 Å². The topological polar surface area (TPSA) is 0 Å². The zero-order valence-electron chi connectivity index (χ0n) is 20.3. The summed E-state index contributed by atoms with van der Waals surface area (Å²) in [7, 11) is 0. The average Bonchev–Trinajstić information content (AvgIpc) is 2.85. The zero-order chi connectivity index (χ0) is 23.0. The monoisotopic (exact) mass is 440 g/mol. The maximum Gasteiger partial charge on any atom is 0.134 e. The van der Waals surface area contributed by atoms with Gasteiger partial charge in [-0.25, -0.2) is 4.39 Å². The fourth-order valence-electron chi connectivity index (χ4n) is 5.33. The van der Waals surface area contributed by atoms with E-state index in [1.54, 1.807) is 0 Å². The Bertz CT molecular complexity index is 1100. The van der Waals surface area contributed by atoms with Crippen LogP contribution in [0.3, 0.4) is 0 Å². The summed E-state index contributed by atoms with van der Waals surface area (Å²) >= 11 is 0. The van der Waals surface area contributed by atoms with Crippen molar-refractivity contribution in [2.24, 2.45) is 5.92 Å². The van der Waals surface area contributed by atoms with E-state index in [-0.39, 0.29) is 5.82 Å². The molecular weight excluding hydrogens is 403 g/mol. The van der Waals surface area contributed by atoms with Crippen LogP contribution in [0.25, 0.3) is 10.8 Å². The van der Waals surface area contributed by atoms with Gasteiger partial charge in [0.2, 0.25) is 0 Å². The summed E-state index contributed by atoms with van der Waals surface area (Å²) in [6.45, 7) is 4.37. The normalized spacial score (nSPS) is 18.2. The molecule has 0 saturated heterocycles. The molecule has 1 fully saturated rings. The number of fused-ring (bicyclic) bond motifs is 1. The van der Waals surface area contributed by atoms with E-state index in [0.717, 1.165) is 40.8 Å². The van der Waals surface area contributed by atoms with Gasteiger partial charge in [0.15, 0.2) is 0 Å². The van der Waals surface area contributed by atoms with Crippen LogP contribution in [-0.4, -0.2) is 0 Å². The van der Waals surface area contributed by atoms with Gasteiger partial charge in [-0.2, -0.15) is 0 Å². The molecule has 0 spiro atoms. The van der Waals surface area contributed by atoms with Gasteiger partial charge in [-0.1, -0.05) is 88.1 Å². The molecule has 0 bridgehead atoms. The van der Waals surface area contributed by atoms with Crippen LogP contribution in [0.15, 0.2) is 54.6 Å². The molecule has 1 aliphatic carbocycles. The average molecular weight is 441 g/mol. The lowest BCUT2D eigenvalue weighted by Crippen LogP contribution is -2.13. The molecule has 0 heterocycles. The largest absolute Gasteiger partial charge is 0.206 e. The van der Waals surface area contributed by atoms with Gasteiger partial charge >= 0.3 is 0 Å². The summed E-state index contributed by atoms with van der Waals surface area (Å²) in [4.78, 5) is 0. The number of benzene rings is 3. The second kappa shape index (κ2) is 11.5. The Kier molecular flexibility index (Phi) is 8.22. The summed E-state index contributed by atoms with van der Waals surface area (Å²) in [6.07, 6.45) is 12.7. The number of aryl methyl sites for hydroxylation is 1. The molecule has 0 N–H and O–H groups in total. The van der Waals surface area contributed by atoms with Gasteiger partial charge < -0.3 is 0 Å². The Morgan fingerprint density at radius 2 is 1.52 bits per heavy atom. The van der Waals surface area contributed by atoms with Crippen molar-refractivity contribution < 1.29 is 4.39 Å². The van der Waals surface area contributed by atoms with Crippen molar-refractivity contribution in [1.82, 2.24) is 0 Å². The lowest BCUT2D eigenvalue weighted by molar-refractivity contribution is 0.303. The number of rotatable bonds is 7. The molecule has 0 radical (unpaired) electrons. The number of halogens is 1. The van der Waals surface area contributed by atoms with E-state index in [0.29, 0.717) is 11.3 Å². The molecule has 3 aromatic carbocycles. The summed E-state index contributed by atoms with van der Waals surface area (Å²) in [5, 5.41) is 1.61. The van der Waals surface area contributed by atoms with Crippen LogP contribution in [-0.2, 0) is 6.42 Å². The third-order valence-electron chi connectivity index (χ3n) is 7.35. The quantitative estimate of drug-likeness (QED) is 0.254. The molecule has 0 aromatic heterocycles. The highest BCUT2D eigenvalue weighted by Crippen LogP contribution is 2.37. The van der Waals surface area contributed by atoms with E-state index in [2.05, 4.69) is 50.0 Å². The fourth-order valence-corrected chi connectivity index (χ4v) is 5.33. The molecule has 1 saturated carbocycles. The van der Waals surface area contributed by atoms with Crippen LogP contribution in [0.5, 0.6) is 0 Å². The molecular formula is C32H37F. The number of hydrogen-bond acceptors (Lipinski definition) is 0. The molecule has 0 aliphatic heterocycles. The Hall–Kier alpha value is -2.59. The second-order valence-corrected chi connectivity index (χ2v) is 9.81. The van der Waals surface area contributed by atoms with Crippen molar-refractivity contribution >= 4 is 10.8 Å². The van der Waals surface area contributed by atoms with E-state index in [9.17, 15) is 4.39 Å². The number of hydrogen-bond donors (Lipinski definition) is 0. The van der Waals surface area contributed by atoms with Crippen LogP contribution in [0.2, 0.25) is 0 Å². The molecule has 33 heavy (non-hydrogen) atoms. The first-order valence-electron chi connectivity index (χ1n) is 13.0. The molecule has 1 heteroatoms. The van der Waals surface area contributed by atoms with E-state index < -0.39 is 0 Å². The van der Waals surface area contributed by atoms with Crippen molar-refractivity contribution in [3.63, 3.8) is 0 Å². The highest BCUT2D eigenvalue weighted by Gasteiger charge is 2.21. The summed E-state index contributed by atoms with van der Waals surface area (Å²) < 4.78 is 14.7. The van der Waals surface area contributed by atoms with Crippen molar-refractivity contribution in [3.8, 4) is 11.8 Å². The van der Waals surface area contributed by atoms with E-state index >= 15 is 0 Å². The van der Waals surface area contributed by atoms with E-state index in [1.165, 1.54) is 56.9 Å². The summed E-state index contributed by atoms with van der Waals surface area (Å²) in [5.74, 6) is 8.14. The minimum absolute atomic E-state index is 0.0839. The van der Waals surface area contributed by atoms with Crippen molar-refractivity contribution in [1.29, 1.82) is 0 Å². The first kappa shape index (κ1) is 23.6. The van der Waals surface area contributed by atoms with Gasteiger partial charge in [-0.05, 0) is 84.7 Å². The summed E-state index contributed by atoms with van der Waals surface area (Å²) in [6, 6.07) is 18.6. The number of unbranched alkanes of at least 4 members (excludes halogenated alkanes) is 2. The Morgan fingerprint density at radius 3 is 2.24 bits per heavy atom. The van der Waals surface area contributed by atoms with Crippen molar-refractivity contribution in [2.75, 3.05) is 0 Å². The Labute approximate surface area is 199 Å². The van der Waals surface area contributed by atoms with Crippen LogP contribution in [0.4, 0.5) is 4.39 Å². The highest BCUT2D eigenvalue weighted by molar-refractivity contribution is 5.85. The third-order valence-corrected chi connectivity index (χ3v) is 7.35. The van der Waals surface area contributed by atoms with Crippen LogP contribution >= 0.6 is 0 Å². The van der Waals surface area contributed by atoms with Gasteiger partial charge in [0.25, 0.3) is 0 Å². The molecule has 4 rings (SSSR count). The Balaban J connectivity index is 1.38. The van der Waals surface area contributed by atoms with Gasteiger partial charge in [0.1, 0.15) is 5.82 Å². The predicted molar refractivity (Wildman–Crippen MR) is 139 cm³/mol. The molecule has 172 valence electrons. The minimum Gasteiger partial charge on any atom is -0.206 e. The maximum absolute atomic E-state index is 14.7. The lowest BCUT2D eigenvalue weighted by atomic mass is 9.77.